The van der Waals surface area contributed by atoms with Crippen molar-refractivity contribution >= 4 is 35.4 Å². The number of ether oxygens (including phenoxy) is 1. The fourth-order valence-electron chi connectivity index (χ4n) is 3.84. The average Bonchev–Trinajstić information content (AvgIpc) is 3.00. The van der Waals surface area contributed by atoms with E-state index in [0.29, 0.717) is 18.8 Å². The molecule has 0 spiro atoms. The number of imide groups is 2. The van der Waals surface area contributed by atoms with E-state index < -0.39 is 41.4 Å². The molecule has 184 valence electrons. The zero-order valence-electron chi connectivity index (χ0n) is 19.7. The Morgan fingerprint density at radius 1 is 1.09 bits per heavy atom. The summed E-state index contributed by atoms with van der Waals surface area (Å²) in [6, 6.07) is 3.99. The molecule has 1 saturated heterocycles. The van der Waals surface area contributed by atoms with Crippen molar-refractivity contribution in [3.05, 3.63) is 29.3 Å². The average molecular weight is 474 g/mol. The molecule has 5 amide bonds. The van der Waals surface area contributed by atoms with Crippen LogP contribution >= 0.6 is 0 Å². The topological polar surface area (TPSA) is 146 Å². The van der Waals surface area contributed by atoms with Crippen LogP contribution in [0.2, 0.25) is 0 Å². The smallest absolute Gasteiger partial charge is 0.422 e. The number of benzene rings is 1. The van der Waals surface area contributed by atoms with E-state index in [-0.39, 0.29) is 24.0 Å². The number of fused-ring (bicyclic) bond motifs is 1. The van der Waals surface area contributed by atoms with Crippen molar-refractivity contribution in [1.82, 2.24) is 21.1 Å². The molecule has 0 bridgehead atoms. The predicted octanol–water partition coefficient (Wildman–Crippen LogP) is 1.70. The number of piperidine rings is 1. The first-order chi connectivity index (χ1) is 16.1. The number of unbranched alkanes of at least 4 members (excludes halogenated alkanes) is 2. The summed E-state index contributed by atoms with van der Waals surface area (Å²) < 4.78 is 5.13. The maximum Gasteiger partial charge on any atom is 0.422 e. The number of hydrogen-bond donors (Lipinski definition) is 4. The zero-order valence-corrected chi connectivity index (χ0v) is 19.7. The van der Waals surface area contributed by atoms with Crippen LogP contribution in [0.25, 0.3) is 0 Å². The van der Waals surface area contributed by atoms with E-state index in [0.717, 1.165) is 24.2 Å². The van der Waals surface area contributed by atoms with Crippen molar-refractivity contribution in [2.45, 2.75) is 64.5 Å². The fraction of sp³-hybridized carbons (Fsp3) is 0.522. The Morgan fingerprint density at radius 3 is 2.53 bits per heavy atom. The molecule has 1 aromatic rings. The summed E-state index contributed by atoms with van der Waals surface area (Å²) in [6.07, 6.45) is 2.15. The fourth-order valence-corrected chi connectivity index (χ4v) is 3.84. The number of rotatable bonds is 9. The Labute approximate surface area is 197 Å². The lowest BCUT2D eigenvalue weighted by Gasteiger charge is -2.27. The second kappa shape index (κ2) is 10.6. The van der Waals surface area contributed by atoms with Crippen molar-refractivity contribution in [1.29, 1.82) is 0 Å². The Balaban J connectivity index is 1.46. The molecule has 1 aromatic carbocycles. The third-order valence-corrected chi connectivity index (χ3v) is 5.35. The van der Waals surface area contributed by atoms with Crippen LogP contribution < -0.4 is 21.5 Å². The number of amides is 5. The maximum absolute atomic E-state index is 13.1. The third kappa shape index (κ3) is 6.10. The van der Waals surface area contributed by atoms with E-state index in [1.165, 1.54) is 0 Å². The van der Waals surface area contributed by atoms with E-state index in [1.807, 2.05) is 0 Å². The monoisotopic (exact) mass is 473 g/mol. The van der Waals surface area contributed by atoms with Gasteiger partial charge >= 0.3 is 6.09 Å². The Kier molecular flexibility index (Phi) is 7.87. The highest BCUT2D eigenvalue weighted by molar-refractivity contribution is 6.25. The molecule has 2 aliphatic rings. The van der Waals surface area contributed by atoms with E-state index >= 15 is 0 Å². The molecular formula is C23H31N5O6. The molecule has 11 nitrogen and oxygen atoms in total. The SMILES string of the molecule is CC(C)(C)OC(=O)NNCCCCCNc1cccc2c1C(=O)N(C1CCC(=O)NC1=O)C2=O. The van der Waals surface area contributed by atoms with Gasteiger partial charge in [0.2, 0.25) is 11.8 Å². The van der Waals surface area contributed by atoms with Crippen molar-refractivity contribution in [2.24, 2.45) is 0 Å². The van der Waals surface area contributed by atoms with Gasteiger partial charge < -0.3 is 10.1 Å². The molecule has 3 rings (SSSR count). The molecule has 34 heavy (non-hydrogen) atoms. The van der Waals surface area contributed by atoms with Crippen LogP contribution in [0.3, 0.4) is 0 Å². The van der Waals surface area contributed by atoms with Gasteiger partial charge in [0.05, 0.1) is 11.1 Å². The van der Waals surface area contributed by atoms with Gasteiger partial charge in [0.15, 0.2) is 0 Å². The first-order valence-corrected chi connectivity index (χ1v) is 11.4. The summed E-state index contributed by atoms with van der Waals surface area (Å²) in [5.41, 5.74) is 5.78. The molecule has 4 N–H and O–H groups in total. The van der Waals surface area contributed by atoms with Crippen LogP contribution in [-0.4, -0.2) is 59.4 Å². The highest BCUT2D eigenvalue weighted by Gasteiger charge is 2.45. The number of nitrogens with zero attached hydrogens (tertiary/aromatic N) is 1. The third-order valence-electron chi connectivity index (χ3n) is 5.35. The highest BCUT2D eigenvalue weighted by atomic mass is 16.6. The summed E-state index contributed by atoms with van der Waals surface area (Å²) in [5, 5.41) is 5.40. The van der Waals surface area contributed by atoms with Crippen LogP contribution in [0.4, 0.5) is 10.5 Å². The summed E-state index contributed by atoms with van der Waals surface area (Å²) in [5.74, 6) is -2.09. The molecule has 1 unspecified atom stereocenters. The lowest BCUT2D eigenvalue weighted by atomic mass is 10.0. The number of hydrogen-bond acceptors (Lipinski definition) is 8. The summed E-state index contributed by atoms with van der Waals surface area (Å²) in [7, 11) is 0. The second-order valence-corrected chi connectivity index (χ2v) is 9.22. The maximum atomic E-state index is 13.1. The van der Waals surface area contributed by atoms with E-state index in [1.54, 1.807) is 39.0 Å². The van der Waals surface area contributed by atoms with Gasteiger partial charge in [-0.2, -0.15) is 0 Å². The lowest BCUT2D eigenvalue weighted by molar-refractivity contribution is -0.136. The normalized spacial score (nSPS) is 18.0. The van der Waals surface area contributed by atoms with Crippen LogP contribution in [0, 0.1) is 0 Å². The Bertz CT molecular complexity index is 987. The molecule has 0 aromatic heterocycles. The van der Waals surface area contributed by atoms with Crippen LogP contribution in [0.5, 0.6) is 0 Å². The first-order valence-electron chi connectivity index (χ1n) is 11.4. The molecule has 11 heteroatoms. The van der Waals surface area contributed by atoms with Gasteiger partial charge in [0.1, 0.15) is 11.6 Å². The van der Waals surface area contributed by atoms with Gasteiger partial charge in [0, 0.05) is 25.2 Å². The number of nitrogens with one attached hydrogen (secondary N) is 4. The minimum atomic E-state index is -0.986. The van der Waals surface area contributed by atoms with Crippen LogP contribution in [-0.2, 0) is 14.3 Å². The van der Waals surface area contributed by atoms with Crippen LogP contribution in [0.1, 0.15) is 73.6 Å². The van der Waals surface area contributed by atoms with E-state index in [2.05, 4.69) is 21.5 Å². The van der Waals surface area contributed by atoms with Gasteiger partial charge in [-0.25, -0.2) is 10.2 Å². The number of anilines is 1. The molecule has 2 aliphatic heterocycles. The molecule has 1 fully saturated rings. The summed E-state index contributed by atoms with van der Waals surface area (Å²) in [6.45, 7) is 6.52. The molecule has 0 saturated carbocycles. The largest absolute Gasteiger partial charge is 0.443 e. The lowest BCUT2D eigenvalue weighted by Crippen LogP contribution is -2.54. The minimum Gasteiger partial charge on any atom is -0.443 e. The van der Waals surface area contributed by atoms with Crippen LogP contribution in [0.15, 0.2) is 18.2 Å². The van der Waals surface area contributed by atoms with E-state index in [4.69, 9.17) is 4.74 Å². The van der Waals surface area contributed by atoms with Crippen molar-refractivity contribution in [2.75, 3.05) is 18.4 Å². The van der Waals surface area contributed by atoms with E-state index in [9.17, 15) is 24.0 Å². The Hall–Kier alpha value is -3.47. The predicted molar refractivity (Wildman–Crippen MR) is 123 cm³/mol. The number of carbonyl (C=O) groups is 5. The number of hydrazine groups is 1. The quantitative estimate of drug-likeness (QED) is 0.241. The van der Waals surface area contributed by atoms with Gasteiger partial charge in [-0.15, -0.1) is 0 Å². The number of carbonyl (C=O) groups excluding carboxylic acids is 5. The van der Waals surface area contributed by atoms with Gasteiger partial charge in [-0.3, -0.25) is 34.8 Å². The van der Waals surface area contributed by atoms with Gasteiger partial charge in [0.25, 0.3) is 11.8 Å². The molecule has 1 atom stereocenters. The minimum absolute atomic E-state index is 0.0804. The second-order valence-electron chi connectivity index (χ2n) is 9.22. The van der Waals surface area contributed by atoms with Crippen molar-refractivity contribution < 1.29 is 28.7 Å². The molecule has 0 radical (unpaired) electrons. The Morgan fingerprint density at radius 2 is 1.82 bits per heavy atom. The van der Waals surface area contributed by atoms with Gasteiger partial charge in [-0.1, -0.05) is 12.5 Å². The molecule has 0 aliphatic carbocycles. The summed E-state index contributed by atoms with van der Waals surface area (Å²) >= 11 is 0. The first kappa shape index (κ1) is 25.2. The standard InChI is InChI=1S/C23H31N5O6/c1-23(2,3)34-22(33)27-25-13-6-4-5-12-24-15-9-7-8-14-18(15)21(32)28(20(14)31)16-10-11-17(29)26-19(16)30/h7-9,16,24-25H,4-6,10-13H2,1-3H3,(H,27,33)(H,26,29,30). The summed E-state index contributed by atoms with van der Waals surface area (Å²) in [4.78, 5) is 62.0. The van der Waals surface area contributed by atoms with Crippen molar-refractivity contribution in [3.63, 3.8) is 0 Å². The molecular weight excluding hydrogens is 442 g/mol. The molecule has 2 heterocycles. The van der Waals surface area contributed by atoms with Gasteiger partial charge in [-0.05, 0) is 52.2 Å². The highest BCUT2D eigenvalue weighted by Crippen LogP contribution is 2.32. The van der Waals surface area contributed by atoms with Crippen molar-refractivity contribution in [3.8, 4) is 0 Å². The zero-order chi connectivity index (χ0) is 24.9.